The van der Waals surface area contributed by atoms with E-state index in [2.05, 4.69) is 10.1 Å². The number of hydrogen-bond donors (Lipinski definition) is 2. The lowest BCUT2D eigenvalue weighted by molar-refractivity contribution is -0.121. The van der Waals surface area contributed by atoms with E-state index in [0.29, 0.717) is 25.9 Å². The molecule has 1 atom stereocenters. The number of nitrogens with zero attached hydrogens (tertiary/aromatic N) is 1. The number of anilines is 1. The summed E-state index contributed by atoms with van der Waals surface area (Å²) in [5.41, 5.74) is 0.219. The summed E-state index contributed by atoms with van der Waals surface area (Å²) in [4.78, 5) is 14.2. The zero-order chi connectivity index (χ0) is 16.1. The fraction of sp³-hybridized carbons (Fsp3) is 0.533. The lowest BCUT2D eigenvalue weighted by atomic mass is 10.1. The Morgan fingerprint density at radius 3 is 2.64 bits per heavy atom. The van der Waals surface area contributed by atoms with Crippen LogP contribution in [0, 0.1) is 0 Å². The van der Waals surface area contributed by atoms with E-state index in [1.54, 1.807) is 19.1 Å². The van der Waals surface area contributed by atoms with Crippen molar-refractivity contribution in [2.45, 2.75) is 38.5 Å². The number of piperidine rings is 1. The van der Waals surface area contributed by atoms with E-state index >= 15 is 0 Å². The number of rotatable bonds is 5. The van der Waals surface area contributed by atoms with Crippen molar-refractivity contribution in [2.24, 2.45) is 0 Å². The Labute approximate surface area is 127 Å². The zero-order valence-electron chi connectivity index (χ0n) is 12.3. The van der Waals surface area contributed by atoms with Crippen LogP contribution in [-0.4, -0.2) is 47.8 Å². The van der Waals surface area contributed by atoms with Gasteiger partial charge in [-0.25, -0.2) is 0 Å². The van der Waals surface area contributed by atoms with Crippen molar-refractivity contribution in [3.05, 3.63) is 24.3 Å². The van der Waals surface area contributed by atoms with Crippen molar-refractivity contribution < 1.29 is 23.4 Å². The highest BCUT2D eigenvalue weighted by molar-refractivity contribution is 5.95. The van der Waals surface area contributed by atoms with Crippen molar-refractivity contribution in [2.75, 3.05) is 18.4 Å². The molecular weight excluding hydrogens is 294 g/mol. The summed E-state index contributed by atoms with van der Waals surface area (Å²) in [6.45, 7) is 0.0681. The number of aliphatic hydroxyl groups excluding tert-OH is 1. The summed E-state index contributed by atoms with van der Waals surface area (Å²) in [7, 11) is 0. The molecule has 2 N–H and O–H groups in total. The first kappa shape index (κ1) is 16.6. The largest absolute Gasteiger partial charge is 0.433 e. The summed E-state index contributed by atoms with van der Waals surface area (Å²) < 4.78 is 29.1. The van der Waals surface area contributed by atoms with Gasteiger partial charge in [0.1, 0.15) is 5.75 Å². The number of aliphatic hydroxyl groups is 1. The van der Waals surface area contributed by atoms with Crippen molar-refractivity contribution in [1.82, 2.24) is 4.90 Å². The number of halogens is 2. The van der Waals surface area contributed by atoms with Gasteiger partial charge in [-0.05, 0) is 31.9 Å². The first-order chi connectivity index (χ1) is 10.5. The zero-order valence-corrected chi connectivity index (χ0v) is 12.3. The van der Waals surface area contributed by atoms with Crippen LogP contribution < -0.4 is 10.1 Å². The van der Waals surface area contributed by atoms with Crippen molar-refractivity contribution in [3.8, 4) is 5.75 Å². The molecule has 0 spiro atoms. The van der Waals surface area contributed by atoms with E-state index in [1.165, 1.54) is 12.1 Å². The normalized spacial score (nSPS) is 18.2. The molecule has 1 aliphatic heterocycles. The molecule has 5 nitrogen and oxygen atoms in total. The van der Waals surface area contributed by atoms with Gasteiger partial charge in [0.2, 0.25) is 5.91 Å². The number of hydrogen-bond acceptors (Lipinski definition) is 4. The smallest absolute Gasteiger partial charge is 0.387 e. The molecule has 0 aromatic heterocycles. The van der Waals surface area contributed by atoms with E-state index in [-0.39, 0.29) is 23.4 Å². The summed E-state index contributed by atoms with van der Waals surface area (Å²) in [6.07, 6.45) is 0.942. The monoisotopic (exact) mass is 314 g/mol. The topological polar surface area (TPSA) is 61.8 Å². The highest BCUT2D eigenvalue weighted by atomic mass is 19.3. The maximum absolute atomic E-state index is 12.4. The minimum Gasteiger partial charge on any atom is -0.433 e. The number of alkyl halides is 2. The summed E-state index contributed by atoms with van der Waals surface area (Å²) in [6, 6.07) is 5.68. The van der Waals surface area contributed by atoms with Crippen molar-refractivity contribution >= 4 is 11.6 Å². The predicted octanol–water partition coefficient (Wildman–Crippen LogP) is 2.07. The molecule has 1 aromatic carbocycles. The molecule has 7 heteroatoms. The molecule has 1 aliphatic rings. The molecule has 1 heterocycles. The Bertz CT molecular complexity index is 505. The Morgan fingerprint density at radius 1 is 1.36 bits per heavy atom. The molecule has 1 saturated heterocycles. The van der Waals surface area contributed by atoms with Gasteiger partial charge in [0.15, 0.2) is 0 Å². The van der Waals surface area contributed by atoms with Gasteiger partial charge in [-0.15, -0.1) is 0 Å². The number of benzene rings is 1. The van der Waals surface area contributed by atoms with Crippen LogP contribution in [0.3, 0.4) is 0 Å². The standard InChI is InChI=1S/C15H20F2N2O3/c1-10(19-8-6-11(20)7-9-19)14(21)18-12-4-2-3-5-13(12)22-15(16)17/h2-5,10-11,15,20H,6-9H2,1H3,(H,18,21). The SMILES string of the molecule is CC(C(=O)Nc1ccccc1OC(F)F)N1CCC(O)CC1. The molecule has 0 saturated carbocycles. The summed E-state index contributed by atoms with van der Waals surface area (Å²) in [5.74, 6) is -0.353. The van der Waals surface area contributed by atoms with Gasteiger partial charge in [-0.2, -0.15) is 8.78 Å². The lowest BCUT2D eigenvalue weighted by Crippen LogP contribution is -2.47. The van der Waals surface area contributed by atoms with Crippen molar-refractivity contribution in [3.63, 3.8) is 0 Å². The van der Waals surface area contributed by atoms with Crippen LogP contribution >= 0.6 is 0 Å². The number of nitrogens with one attached hydrogen (secondary N) is 1. The van der Waals surface area contributed by atoms with Gasteiger partial charge in [0, 0.05) is 13.1 Å². The molecule has 1 amide bonds. The third-order valence-corrected chi connectivity index (χ3v) is 3.79. The molecule has 1 unspecified atom stereocenters. The van der Waals surface area contributed by atoms with Crippen LogP contribution in [0.1, 0.15) is 19.8 Å². The maximum Gasteiger partial charge on any atom is 0.387 e. The Balaban J connectivity index is 1.99. The highest BCUT2D eigenvalue weighted by Gasteiger charge is 2.26. The first-order valence-electron chi connectivity index (χ1n) is 7.24. The molecular formula is C15H20F2N2O3. The Kier molecular flexibility index (Phi) is 5.68. The number of amides is 1. The molecule has 0 aliphatic carbocycles. The molecule has 1 aromatic rings. The molecule has 22 heavy (non-hydrogen) atoms. The second-order valence-corrected chi connectivity index (χ2v) is 5.31. The quantitative estimate of drug-likeness (QED) is 0.873. The molecule has 122 valence electrons. The third kappa shape index (κ3) is 4.38. The fourth-order valence-electron chi connectivity index (χ4n) is 2.44. The van der Waals surface area contributed by atoms with Gasteiger partial charge in [0.25, 0.3) is 0 Å². The fourth-order valence-corrected chi connectivity index (χ4v) is 2.44. The van der Waals surface area contributed by atoms with Gasteiger partial charge in [-0.3, -0.25) is 9.69 Å². The average molecular weight is 314 g/mol. The number of likely N-dealkylation sites (tertiary alicyclic amines) is 1. The number of ether oxygens (including phenoxy) is 1. The van der Waals surface area contributed by atoms with Crippen LogP contribution in [0.5, 0.6) is 5.75 Å². The van der Waals surface area contributed by atoms with Crippen LogP contribution in [0.4, 0.5) is 14.5 Å². The van der Waals surface area contributed by atoms with Crippen LogP contribution in [-0.2, 0) is 4.79 Å². The van der Waals surface area contributed by atoms with Gasteiger partial charge < -0.3 is 15.2 Å². The molecule has 0 radical (unpaired) electrons. The predicted molar refractivity (Wildman–Crippen MR) is 78.0 cm³/mol. The summed E-state index contributed by atoms with van der Waals surface area (Å²) in [5, 5.41) is 12.1. The van der Waals surface area contributed by atoms with Crippen molar-refractivity contribution in [1.29, 1.82) is 0 Å². The van der Waals surface area contributed by atoms with Crippen LogP contribution in [0.2, 0.25) is 0 Å². The highest BCUT2D eigenvalue weighted by Crippen LogP contribution is 2.26. The molecule has 1 fully saturated rings. The number of carbonyl (C=O) groups excluding carboxylic acids is 1. The van der Waals surface area contributed by atoms with Gasteiger partial charge in [-0.1, -0.05) is 12.1 Å². The maximum atomic E-state index is 12.4. The van der Waals surface area contributed by atoms with Crippen LogP contribution in [0.25, 0.3) is 0 Å². The Hall–Kier alpha value is -1.73. The minimum absolute atomic E-state index is 0.0629. The first-order valence-corrected chi connectivity index (χ1v) is 7.24. The third-order valence-electron chi connectivity index (χ3n) is 3.79. The average Bonchev–Trinajstić information content (AvgIpc) is 2.48. The molecule has 2 rings (SSSR count). The Morgan fingerprint density at radius 2 is 2.00 bits per heavy atom. The molecule has 0 bridgehead atoms. The van der Waals surface area contributed by atoms with E-state index in [0.717, 1.165) is 0 Å². The second-order valence-electron chi connectivity index (χ2n) is 5.31. The van der Waals surface area contributed by atoms with Gasteiger partial charge in [0.05, 0.1) is 17.8 Å². The second kappa shape index (κ2) is 7.51. The number of carbonyl (C=O) groups is 1. The van der Waals surface area contributed by atoms with E-state index < -0.39 is 12.7 Å². The summed E-state index contributed by atoms with van der Waals surface area (Å²) >= 11 is 0. The van der Waals surface area contributed by atoms with Gasteiger partial charge >= 0.3 is 6.61 Å². The number of para-hydroxylation sites is 2. The minimum atomic E-state index is -2.95. The van der Waals surface area contributed by atoms with E-state index in [4.69, 9.17) is 0 Å². The van der Waals surface area contributed by atoms with E-state index in [1.807, 2.05) is 4.90 Å². The lowest BCUT2D eigenvalue weighted by Gasteiger charge is -2.33. The van der Waals surface area contributed by atoms with Crippen LogP contribution in [0.15, 0.2) is 24.3 Å². The van der Waals surface area contributed by atoms with E-state index in [9.17, 15) is 18.7 Å².